The predicted octanol–water partition coefficient (Wildman–Crippen LogP) is 18.6. The molecule has 0 aliphatic heterocycles. The van der Waals surface area contributed by atoms with Gasteiger partial charge in [-0.05, 0) is 184 Å². The zero-order chi connectivity index (χ0) is 53.0. The van der Waals surface area contributed by atoms with E-state index >= 15 is 0 Å². The van der Waals surface area contributed by atoms with Gasteiger partial charge in [-0.1, -0.05) is 231 Å². The minimum atomic E-state index is -0.745. The molecule has 0 saturated heterocycles. The monoisotopic (exact) mass is 1010 g/mol. The van der Waals surface area contributed by atoms with Gasteiger partial charge in [0.1, 0.15) is 0 Å². The predicted molar refractivity (Wildman–Crippen MR) is 327 cm³/mol. The molecule has 0 radical (unpaired) electrons. The van der Waals surface area contributed by atoms with Crippen molar-refractivity contribution in [1.29, 1.82) is 5.26 Å². The number of fused-ring (bicyclic) bond motifs is 15. The molecule has 0 atom stereocenters. The zero-order valence-corrected chi connectivity index (χ0v) is 43.8. The standard InChI is InChI=1S/C78H50N2/c79-51-52-39-43-64-66-49-70-53(46-73(66)76(72(64)45-52,55-23-7-1-8-24-55)56-25-9-2-10-26-56)40-41-54-47-74-67(50-71(54)78(70)68-37-21-19-35-62(68)63-36-20-22-38-69(63)78)65-44-42-61(80(59-31-15-5-16-32-59)60-33-17-6-18-34-60)48-75(65)77(74,57-27-11-3-12-28-57)58-29-13-4-14-30-58/h1-50H. The van der Waals surface area contributed by atoms with E-state index in [1.807, 2.05) is 6.07 Å². The Balaban J connectivity index is 1.03. The molecular weight excluding hydrogens is 965 g/mol. The molecule has 0 N–H and O–H groups in total. The lowest BCUT2D eigenvalue weighted by Gasteiger charge is -2.38. The highest BCUT2D eigenvalue weighted by atomic mass is 15.1. The van der Waals surface area contributed by atoms with E-state index in [0.29, 0.717) is 5.56 Å². The first-order valence-electron chi connectivity index (χ1n) is 27.7. The summed E-state index contributed by atoms with van der Waals surface area (Å²) in [6.07, 6.45) is 4.83. The number of anilines is 3. The first-order valence-corrected chi connectivity index (χ1v) is 27.7. The molecule has 0 amide bonds. The van der Waals surface area contributed by atoms with Gasteiger partial charge in [-0.3, -0.25) is 0 Å². The second-order valence-corrected chi connectivity index (χ2v) is 21.7. The van der Waals surface area contributed by atoms with E-state index in [2.05, 4.69) is 308 Å². The van der Waals surface area contributed by atoms with Crippen molar-refractivity contribution in [3.8, 4) is 39.4 Å². The van der Waals surface area contributed by atoms with E-state index in [0.717, 1.165) is 28.2 Å². The SMILES string of the molecule is N#Cc1ccc2c(c1)C(c1ccccc1)(c1ccccc1)c1cc3c(cc1-2)C1(c2cc4c(cc2C=C3)C(c2ccccc2)(c2ccccc2)c2cc(N(c3ccccc3)c3ccccc3)ccc2-4)c2ccccc2-c2ccccc21. The smallest absolute Gasteiger partial charge is 0.0991 e. The molecule has 12 aromatic carbocycles. The number of hydrogen-bond donors (Lipinski definition) is 0. The maximum atomic E-state index is 10.6. The van der Waals surface area contributed by atoms with Gasteiger partial charge in [-0.15, -0.1) is 0 Å². The van der Waals surface area contributed by atoms with Crippen molar-refractivity contribution in [2.24, 2.45) is 0 Å². The van der Waals surface area contributed by atoms with Crippen LogP contribution in [0, 0.1) is 11.3 Å². The van der Waals surface area contributed by atoms with E-state index in [4.69, 9.17) is 0 Å². The molecular formula is C78H50N2. The molecule has 0 aromatic heterocycles. The molecule has 0 unspecified atom stereocenters. The maximum absolute atomic E-state index is 10.6. The van der Waals surface area contributed by atoms with Crippen LogP contribution in [0.4, 0.5) is 17.1 Å². The highest BCUT2D eigenvalue weighted by Gasteiger charge is 2.54. The average molecular weight is 1020 g/mol. The Kier molecular flexibility index (Phi) is 10.1. The third-order valence-corrected chi connectivity index (χ3v) is 18.0. The fourth-order valence-corrected chi connectivity index (χ4v) is 15.0. The number of hydrogen-bond acceptors (Lipinski definition) is 2. The highest BCUT2D eigenvalue weighted by molar-refractivity contribution is 5.98. The van der Waals surface area contributed by atoms with E-state index in [9.17, 15) is 5.26 Å². The number of rotatable bonds is 7. The maximum Gasteiger partial charge on any atom is 0.0991 e. The summed E-state index contributed by atoms with van der Waals surface area (Å²) in [5.74, 6) is 0. The molecule has 12 aromatic rings. The topological polar surface area (TPSA) is 27.0 Å². The van der Waals surface area contributed by atoms with Gasteiger partial charge in [0, 0.05) is 17.1 Å². The van der Waals surface area contributed by atoms with Gasteiger partial charge in [0.15, 0.2) is 0 Å². The van der Waals surface area contributed by atoms with Gasteiger partial charge in [0.05, 0.1) is 27.9 Å². The van der Waals surface area contributed by atoms with Crippen LogP contribution < -0.4 is 4.90 Å². The van der Waals surface area contributed by atoms with Crippen molar-refractivity contribution < 1.29 is 0 Å². The summed E-state index contributed by atoms with van der Waals surface area (Å²) in [7, 11) is 0. The quantitative estimate of drug-likeness (QED) is 0.159. The van der Waals surface area contributed by atoms with E-state index < -0.39 is 16.2 Å². The van der Waals surface area contributed by atoms with Crippen molar-refractivity contribution >= 4 is 29.2 Å². The molecule has 2 nitrogen and oxygen atoms in total. The largest absolute Gasteiger partial charge is 0.310 e. The van der Waals surface area contributed by atoms with Crippen LogP contribution >= 0.6 is 0 Å². The van der Waals surface area contributed by atoms with Crippen LogP contribution in [-0.2, 0) is 16.2 Å². The van der Waals surface area contributed by atoms with Gasteiger partial charge in [-0.25, -0.2) is 0 Å². The Bertz CT molecular complexity index is 4350. The highest BCUT2D eigenvalue weighted by Crippen LogP contribution is 2.65. The molecule has 0 bridgehead atoms. The van der Waals surface area contributed by atoms with Crippen molar-refractivity contribution in [1.82, 2.24) is 0 Å². The summed E-state index contributed by atoms with van der Waals surface area (Å²) in [5, 5.41) is 10.6. The van der Waals surface area contributed by atoms with Crippen molar-refractivity contribution in [2.75, 3.05) is 4.90 Å². The Morgan fingerprint density at radius 3 is 1.02 bits per heavy atom. The lowest BCUT2D eigenvalue weighted by molar-refractivity contribution is 0.747. The molecule has 1 spiro atoms. The fourth-order valence-electron chi connectivity index (χ4n) is 15.0. The summed E-state index contributed by atoms with van der Waals surface area (Å²) in [6, 6.07) is 110. The number of nitriles is 1. The Morgan fingerprint density at radius 2 is 0.600 bits per heavy atom. The lowest BCUT2D eigenvalue weighted by atomic mass is 9.63. The van der Waals surface area contributed by atoms with Crippen LogP contribution in [0.2, 0.25) is 0 Å². The Hall–Kier alpha value is -10.3. The minimum Gasteiger partial charge on any atom is -0.310 e. The van der Waals surface area contributed by atoms with Gasteiger partial charge < -0.3 is 4.90 Å². The van der Waals surface area contributed by atoms with Gasteiger partial charge in [0.25, 0.3) is 0 Å². The zero-order valence-electron chi connectivity index (χ0n) is 43.8. The number of para-hydroxylation sites is 2. The van der Waals surface area contributed by atoms with E-state index in [1.165, 1.54) is 100 Å². The third-order valence-electron chi connectivity index (χ3n) is 18.0. The van der Waals surface area contributed by atoms with Crippen molar-refractivity contribution in [2.45, 2.75) is 16.2 Å². The second kappa shape index (κ2) is 17.6. The molecule has 0 heterocycles. The summed E-state index contributed by atoms with van der Waals surface area (Å²) >= 11 is 0. The minimum absolute atomic E-state index is 0.648. The summed E-state index contributed by atoms with van der Waals surface area (Å²) in [6.45, 7) is 0. The van der Waals surface area contributed by atoms with Gasteiger partial charge in [0.2, 0.25) is 0 Å². The molecule has 0 fully saturated rings. The van der Waals surface area contributed by atoms with Crippen LogP contribution in [-0.4, -0.2) is 0 Å². The Morgan fingerprint density at radius 1 is 0.250 bits per heavy atom. The summed E-state index contributed by atoms with van der Waals surface area (Å²) < 4.78 is 0. The van der Waals surface area contributed by atoms with Crippen molar-refractivity contribution in [3.05, 3.63) is 375 Å². The Labute approximate surface area is 467 Å². The molecule has 372 valence electrons. The van der Waals surface area contributed by atoms with E-state index in [-0.39, 0.29) is 0 Å². The summed E-state index contributed by atoms with van der Waals surface area (Å²) in [5.41, 5.74) is 26.1. The average Bonchev–Trinajstić information content (AvgIpc) is 3.90. The van der Waals surface area contributed by atoms with Crippen molar-refractivity contribution in [3.63, 3.8) is 0 Å². The molecule has 80 heavy (non-hydrogen) atoms. The molecule has 16 rings (SSSR count). The fraction of sp³-hybridized carbons (Fsp3) is 0.0385. The van der Waals surface area contributed by atoms with Crippen LogP contribution in [0.3, 0.4) is 0 Å². The number of nitrogens with zero attached hydrogens (tertiary/aromatic N) is 2. The first-order chi connectivity index (χ1) is 39.6. The van der Waals surface area contributed by atoms with Crippen LogP contribution in [0.15, 0.2) is 291 Å². The van der Waals surface area contributed by atoms with Crippen LogP contribution in [0.5, 0.6) is 0 Å². The third kappa shape index (κ3) is 6.18. The van der Waals surface area contributed by atoms with E-state index in [1.54, 1.807) is 0 Å². The van der Waals surface area contributed by atoms with Gasteiger partial charge >= 0.3 is 0 Å². The lowest BCUT2D eigenvalue weighted by Crippen LogP contribution is -2.32. The normalized spacial score (nSPS) is 14.5. The molecule has 0 saturated carbocycles. The van der Waals surface area contributed by atoms with Crippen LogP contribution in [0.1, 0.15) is 83.5 Å². The molecule has 2 heteroatoms. The van der Waals surface area contributed by atoms with Crippen LogP contribution in [0.25, 0.3) is 45.5 Å². The first kappa shape index (κ1) is 45.8. The molecule has 4 aliphatic carbocycles. The number of benzene rings is 12. The summed E-state index contributed by atoms with van der Waals surface area (Å²) in [4.78, 5) is 2.39. The second-order valence-electron chi connectivity index (χ2n) is 21.7. The molecule has 4 aliphatic rings. The van der Waals surface area contributed by atoms with Gasteiger partial charge in [-0.2, -0.15) is 5.26 Å².